The molecule has 354 valence electrons. The summed E-state index contributed by atoms with van der Waals surface area (Å²) in [6, 6.07) is 47.2. The van der Waals surface area contributed by atoms with Gasteiger partial charge in [-0.2, -0.15) is 0 Å². The number of allylic oxidation sites excluding steroid dienone is 2. The Morgan fingerprint density at radius 3 is 1.70 bits per heavy atom. The predicted octanol–water partition coefficient (Wildman–Crippen LogP) is 16.5. The number of benzene rings is 5. The first-order chi connectivity index (χ1) is 30.6. The first-order valence-corrected chi connectivity index (χ1v) is 23.7. The molecule has 0 saturated carbocycles. The number of para-hydroxylation sites is 1. The molecule has 0 saturated heterocycles. The second-order valence-corrected chi connectivity index (χ2v) is 24.1. The molecule has 0 radical (unpaired) electrons. The third kappa shape index (κ3) is 9.65. The van der Waals surface area contributed by atoms with Gasteiger partial charge in [-0.15, -0.1) is 53.8 Å². The number of nitrogens with zero attached hydrogens (tertiary/aromatic N) is 4. The fourth-order valence-corrected chi connectivity index (χ4v) is 9.45. The van der Waals surface area contributed by atoms with Crippen LogP contribution in [0.1, 0.15) is 146 Å². The van der Waals surface area contributed by atoms with E-state index in [9.17, 15) is 0 Å². The van der Waals surface area contributed by atoms with Gasteiger partial charge < -0.3 is 19.1 Å². The maximum atomic E-state index is 7.22. The van der Waals surface area contributed by atoms with E-state index >= 15 is 0 Å². The average molecular weight is 1070 g/mol. The Morgan fingerprint density at radius 2 is 1.07 bits per heavy atom. The molecule has 5 nitrogen and oxygen atoms in total. The molecule has 3 heterocycles. The Morgan fingerprint density at radius 1 is 0.507 bits per heavy atom. The van der Waals surface area contributed by atoms with Crippen molar-refractivity contribution in [3.05, 3.63) is 173 Å². The second-order valence-electron chi connectivity index (χ2n) is 24.1. The summed E-state index contributed by atoms with van der Waals surface area (Å²) in [5.41, 5.74) is 11.6. The number of rotatable bonds is 7. The van der Waals surface area contributed by atoms with Gasteiger partial charge in [-0.1, -0.05) is 189 Å². The van der Waals surface area contributed by atoms with Crippen molar-refractivity contribution in [1.82, 2.24) is 9.55 Å². The smallest absolute Gasteiger partial charge is 0.135 e. The molecule has 1 aliphatic rings. The van der Waals surface area contributed by atoms with Crippen LogP contribution in [-0.2, 0) is 42.7 Å². The van der Waals surface area contributed by atoms with E-state index in [1.165, 1.54) is 28.1 Å². The molecule has 0 fully saturated rings. The molecule has 0 N–H and O–H groups in total. The van der Waals surface area contributed by atoms with E-state index in [1.54, 1.807) is 0 Å². The van der Waals surface area contributed by atoms with Crippen molar-refractivity contribution >= 4 is 33.2 Å². The van der Waals surface area contributed by atoms with Gasteiger partial charge in [0.15, 0.2) is 0 Å². The molecule has 8 rings (SSSR count). The summed E-state index contributed by atoms with van der Waals surface area (Å²) in [4.78, 5) is 9.81. The van der Waals surface area contributed by atoms with Crippen molar-refractivity contribution in [3.8, 4) is 17.3 Å². The molecular weight excluding hydrogens is 1000 g/mol. The summed E-state index contributed by atoms with van der Waals surface area (Å²) in [7, 11) is 0. The molecule has 0 atom stereocenters. The Labute approximate surface area is 416 Å². The van der Waals surface area contributed by atoms with Gasteiger partial charge in [0.05, 0.1) is 0 Å². The van der Waals surface area contributed by atoms with Gasteiger partial charge in [-0.05, 0) is 74.1 Å². The van der Waals surface area contributed by atoms with Crippen LogP contribution < -0.4 is 14.5 Å². The van der Waals surface area contributed by atoms with Gasteiger partial charge in [0.2, 0.25) is 0 Å². The van der Waals surface area contributed by atoms with Crippen LogP contribution in [-0.4, -0.2) is 9.55 Å². The minimum absolute atomic E-state index is 0. The molecule has 7 aromatic rings. The quantitative estimate of drug-likeness (QED) is 0.149. The maximum Gasteiger partial charge on any atom is 0.135 e. The average Bonchev–Trinajstić information content (AvgIpc) is 3.81. The predicted molar refractivity (Wildman–Crippen MR) is 279 cm³/mol. The molecule has 0 amide bonds. The molecule has 67 heavy (non-hydrogen) atoms. The number of fused-ring (bicyclic) bond motifs is 3. The standard InChI is InChI=1S/C61H71N4O.Pt/c1-56(2,3)41-26-23-27-44(32-41)63-39-64(55(60(13,14)15)54(63)59(10,11)12)45-33-43(58(7,8)9)34-46(36-45)66-47-37-49(61(16,17)40-24-19-18-20-25-40)53-48-28-21-22-29-50(48)65(51(53)38-47)52-35-42(30-31-62-52)57(4,5)6;/h18-35,37,39H,1-17H3;/q-3;. The first kappa shape index (κ1) is 49.8. The van der Waals surface area contributed by atoms with Crippen molar-refractivity contribution in [2.24, 2.45) is 10.8 Å². The molecule has 0 unspecified atom stereocenters. The molecular formula is C61H71N4OPt-3. The fraction of sp³-hybridized carbons (Fsp3) is 0.377. The van der Waals surface area contributed by atoms with Crippen molar-refractivity contribution in [3.63, 3.8) is 0 Å². The number of pyridine rings is 1. The molecule has 1 aliphatic heterocycles. The van der Waals surface area contributed by atoms with Crippen LogP contribution in [0.25, 0.3) is 27.6 Å². The zero-order valence-electron chi connectivity index (χ0n) is 43.1. The maximum absolute atomic E-state index is 7.22. The van der Waals surface area contributed by atoms with E-state index in [4.69, 9.17) is 9.72 Å². The van der Waals surface area contributed by atoms with Crippen LogP contribution in [0.15, 0.2) is 127 Å². The van der Waals surface area contributed by atoms with Crippen molar-refractivity contribution < 1.29 is 25.8 Å². The number of anilines is 2. The Balaban J connectivity index is 0.00000666. The van der Waals surface area contributed by atoms with Gasteiger partial charge in [0.25, 0.3) is 0 Å². The van der Waals surface area contributed by atoms with E-state index in [-0.39, 0.29) is 48.1 Å². The van der Waals surface area contributed by atoms with E-state index in [2.05, 4.69) is 260 Å². The summed E-state index contributed by atoms with van der Waals surface area (Å²) in [6.07, 6.45) is 1.93. The second kappa shape index (κ2) is 17.4. The van der Waals surface area contributed by atoms with E-state index < -0.39 is 5.41 Å². The summed E-state index contributed by atoms with van der Waals surface area (Å²) < 4.78 is 9.50. The third-order valence-corrected chi connectivity index (χ3v) is 13.2. The largest absolute Gasteiger partial charge is 0.509 e. The van der Waals surface area contributed by atoms with Gasteiger partial charge in [-0.25, -0.2) is 4.98 Å². The monoisotopic (exact) mass is 1070 g/mol. The Kier molecular flexibility index (Phi) is 13.0. The van der Waals surface area contributed by atoms with Gasteiger partial charge in [0, 0.05) is 72.2 Å². The van der Waals surface area contributed by atoms with Gasteiger partial charge in [0.1, 0.15) is 5.82 Å². The van der Waals surface area contributed by atoms with Crippen molar-refractivity contribution in [2.75, 3.05) is 9.80 Å². The minimum Gasteiger partial charge on any atom is -0.509 e. The van der Waals surface area contributed by atoms with Crippen LogP contribution in [0.5, 0.6) is 11.5 Å². The number of ether oxygens (including phenoxy) is 1. The number of hydrogen-bond donors (Lipinski definition) is 0. The van der Waals surface area contributed by atoms with Crippen molar-refractivity contribution in [2.45, 2.75) is 139 Å². The van der Waals surface area contributed by atoms with E-state index in [0.29, 0.717) is 11.5 Å². The third-order valence-electron chi connectivity index (χ3n) is 13.2. The first-order valence-electron chi connectivity index (χ1n) is 23.7. The summed E-state index contributed by atoms with van der Waals surface area (Å²) in [5.74, 6) is 2.12. The Bertz CT molecular complexity index is 2970. The number of hydrogen-bond acceptors (Lipinski definition) is 4. The zero-order chi connectivity index (χ0) is 47.9. The zero-order valence-corrected chi connectivity index (χ0v) is 45.3. The van der Waals surface area contributed by atoms with Crippen LogP contribution in [0, 0.1) is 29.6 Å². The molecule has 0 spiro atoms. The fourth-order valence-electron chi connectivity index (χ4n) is 9.45. The van der Waals surface area contributed by atoms with Crippen LogP contribution in [0.2, 0.25) is 0 Å². The van der Waals surface area contributed by atoms with Crippen LogP contribution in [0.4, 0.5) is 11.4 Å². The Hall–Kier alpha value is -5.12. The SMILES string of the molecule is CC(C)(C)C1=C(C(C)(C)C)N(c2cccc(C(C)(C)C)c2)[CH-]N1c1[c-]c(Oc2[c-]c3c(c(C(C)(C)c4ccccc4)c2)c2ccccc2n3-c2cc(C(C)(C)C)ccn2)cc(C(C)(C)C)c1.[Pt]. The molecule has 6 heteroatoms. The van der Waals surface area contributed by atoms with Gasteiger partial charge >= 0.3 is 0 Å². The van der Waals surface area contributed by atoms with E-state index in [0.717, 1.165) is 50.1 Å². The molecule has 5 aromatic carbocycles. The van der Waals surface area contributed by atoms with E-state index in [1.807, 2.05) is 6.20 Å². The van der Waals surface area contributed by atoms with Crippen molar-refractivity contribution in [1.29, 1.82) is 0 Å². The molecule has 0 aliphatic carbocycles. The summed E-state index contributed by atoms with van der Waals surface area (Å²) in [5, 5.41) is 2.29. The van der Waals surface area contributed by atoms with Crippen LogP contribution >= 0.6 is 0 Å². The van der Waals surface area contributed by atoms with Crippen LogP contribution in [0.3, 0.4) is 0 Å². The molecule has 2 aromatic heterocycles. The number of aromatic nitrogens is 2. The minimum atomic E-state index is -0.404. The summed E-state index contributed by atoms with van der Waals surface area (Å²) >= 11 is 0. The molecule has 0 bridgehead atoms. The normalized spacial score (nSPS) is 14.3. The topological polar surface area (TPSA) is 33.5 Å². The van der Waals surface area contributed by atoms with Gasteiger partial charge in [-0.3, -0.25) is 0 Å². The summed E-state index contributed by atoms with van der Waals surface area (Å²) in [6.45, 7) is 41.2.